The number of thioether (sulfide) groups is 1. The number of carboxylic acid groups (broad SMARTS) is 1. The molecular weight excluding hydrogens is 400 g/mol. The average Bonchev–Trinajstić information content (AvgIpc) is 3.03. The summed E-state index contributed by atoms with van der Waals surface area (Å²) >= 11 is 0.895. The Hall–Kier alpha value is -3.05. The number of fused-ring (bicyclic) bond motifs is 1. The lowest BCUT2D eigenvalue weighted by molar-refractivity contribution is -0.133. The molecule has 0 unspecified atom stereocenters. The third-order valence-corrected chi connectivity index (χ3v) is 5.18. The maximum Gasteiger partial charge on any atom is 0.329 e. The Balaban J connectivity index is 1.91. The monoisotopic (exact) mass is 420 g/mol. The van der Waals surface area contributed by atoms with E-state index in [2.05, 4.69) is 9.97 Å². The lowest BCUT2D eigenvalue weighted by Crippen LogP contribution is -2.30. The molecule has 0 saturated carbocycles. The highest BCUT2D eigenvalue weighted by atomic mass is 32.2. The number of carboxylic acids is 1. The molecule has 1 atom stereocenters. The predicted octanol–water partition coefficient (Wildman–Crippen LogP) is 0.348. The summed E-state index contributed by atoms with van der Waals surface area (Å²) < 4.78 is 8.22. The van der Waals surface area contributed by atoms with Crippen LogP contribution in [0.4, 0.5) is 0 Å². The van der Waals surface area contributed by atoms with Crippen molar-refractivity contribution in [3.63, 3.8) is 0 Å². The van der Waals surface area contributed by atoms with Crippen LogP contribution in [-0.4, -0.2) is 53.7 Å². The van der Waals surface area contributed by atoms with E-state index in [1.165, 1.54) is 11.6 Å². The van der Waals surface area contributed by atoms with E-state index in [-0.39, 0.29) is 35.2 Å². The van der Waals surface area contributed by atoms with Gasteiger partial charge in [-0.15, -0.1) is 0 Å². The van der Waals surface area contributed by atoms with Crippen molar-refractivity contribution >= 4 is 28.9 Å². The number of aliphatic carboxylic acids is 1. The first-order valence-electron chi connectivity index (χ1n) is 8.68. The van der Waals surface area contributed by atoms with Crippen LogP contribution >= 0.6 is 11.8 Å². The SMILES string of the molecule is Cc1ccccc1OC[C@@H](O)Cn1c(SCC(=O)O)nc2c1c(=O)[nH]c(=O)n2C. The molecule has 3 N–H and O–H groups in total. The molecule has 3 rings (SSSR count). The number of nitrogens with one attached hydrogen (secondary N) is 1. The number of carbonyl (C=O) groups is 1. The molecule has 0 aliphatic carbocycles. The molecule has 154 valence electrons. The second kappa shape index (κ2) is 8.53. The Kier molecular flexibility index (Phi) is 6.09. The number of hydrogen-bond acceptors (Lipinski definition) is 7. The third-order valence-electron chi connectivity index (χ3n) is 4.21. The number of ether oxygens (including phenoxy) is 1. The Bertz CT molecular complexity index is 1170. The minimum absolute atomic E-state index is 0.0444. The highest BCUT2D eigenvalue weighted by Crippen LogP contribution is 2.22. The van der Waals surface area contributed by atoms with E-state index in [1.807, 2.05) is 25.1 Å². The molecule has 0 amide bonds. The van der Waals surface area contributed by atoms with Crippen molar-refractivity contribution in [3.8, 4) is 5.75 Å². The smallest absolute Gasteiger partial charge is 0.329 e. The summed E-state index contributed by atoms with van der Waals surface area (Å²) in [5.74, 6) is -0.715. The summed E-state index contributed by atoms with van der Waals surface area (Å²) in [5.41, 5.74) is -0.194. The van der Waals surface area contributed by atoms with Crippen molar-refractivity contribution in [1.82, 2.24) is 19.1 Å². The summed E-state index contributed by atoms with van der Waals surface area (Å²) in [6.45, 7) is 1.77. The van der Waals surface area contributed by atoms with Crippen LogP contribution in [0.25, 0.3) is 11.2 Å². The van der Waals surface area contributed by atoms with Gasteiger partial charge in [0.25, 0.3) is 5.56 Å². The zero-order chi connectivity index (χ0) is 21.1. The summed E-state index contributed by atoms with van der Waals surface area (Å²) in [6, 6.07) is 7.35. The van der Waals surface area contributed by atoms with Crippen LogP contribution in [0.3, 0.4) is 0 Å². The molecule has 0 bridgehead atoms. The van der Waals surface area contributed by atoms with Gasteiger partial charge in [-0.2, -0.15) is 0 Å². The van der Waals surface area contributed by atoms with Crippen molar-refractivity contribution in [2.24, 2.45) is 7.05 Å². The molecule has 0 radical (unpaired) electrons. The van der Waals surface area contributed by atoms with Gasteiger partial charge >= 0.3 is 11.7 Å². The van der Waals surface area contributed by atoms with Crippen LogP contribution in [0.1, 0.15) is 5.56 Å². The number of aliphatic hydroxyl groups excluding tert-OH is 1. The van der Waals surface area contributed by atoms with Crippen LogP contribution in [0.5, 0.6) is 5.75 Å². The number of aryl methyl sites for hydroxylation is 2. The fourth-order valence-electron chi connectivity index (χ4n) is 2.79. The standard InChI is InChI=1S/C18H20N4O6S/c1-10-5-3-4-6-12(10)28-8-11(23)7-22-14-15(19-18(22)29-9-13(24)25)21(2)17(27)20-16(14)26/h3-6,11,23H,7-9H2,1-2H3,(H,24,25)(H,20,26,27)/t11-/m0/s1. The van der Waals surface area contributed by atoms with E-state index in [0.29, 0.717) is 5.75 Å². The summed E-state index contributed by atoms with van der Waals surface area (Å²) in [7, 11) is 1.45. The molecule has 0 aliphatic heterocycles. The van der Waals surface area contributed by atoms with Crippen molar-refractivity contribution in [3.05, 3.63) is 50.7 Å². The molecule has 10 nitrogen and oxygen atoms in total. The molecule has 0 saturated heterocycles. The molecule has 0 fully saturated rings. The lowest BCUT2D eigenvalue weighted by atomic mass is 10.2. The summed E-state index contributed by atoms with van der Waals surface area (Å²) in [6.07, 6.45) is -1.01. The van der Waals surface area contributed by atoms with Gasteiger partial charge in [-0.1, -0.05) is 30.0 Å². The van der Waals surface area contributed by atoms with Gasteiger partial charge in [0, 0.05) is 7.05 Å². The number of aromatic amines is 1. The predicted molar refractivity (Wildman–Crippen MR) is 107 cm³/mol. The van der Waals surface area contributed by atoms with Gasteiger partial charge in [-0.25, -0.2) is 9.78 Å². The minimum atomic E-state index is -1.06. The van der Waals surface area contributed by atoms with Gasteiger partial charge < -0.3 is 19.5 Å². The Morgan fingerprint density at radius 1 is 1.34 bits per heavy atom. The lowest BCUT2D eigenvalue weighted by Gasteiger charge is -2.16. The first-order chi connectivity index (χ1) is 13.8. The number of rotatable bonds is 8. The van der Waals surface area contributed by atoms with Crippen molar-refractivity contribution in [1.29, 1.82) is 0 Å². The van der Waals surface area contributed by atoms with Gasteiger partial charge in [-0.05, 0) is 18.6 Å². The number of imidazole rings is 1. The molecule has 2 aromatic heterocycles. The van der Waals surface area contributed by atoms with Crippen LogP contribution in [-0.2, 0) is 18.4 Å². The fraction of sp³-hybridized carbons (Fsp3) is 0.333. The van der Waals surface area contributed by atoms with Crippen molar-refractivity contribution in [2.45, 2.75) is 24.7 Å². The van der Waals surface area contributed by atoms with Gasteiger partial charge in [0.2, 0.25) is 0 Å². The molecule has 11 heteroatoms. The van der Waals surface area contributed by atoms with Crippen LogP contribution in [0, 0.1) is 6.92 Å². The van der Waals surface area contributed by atoms with Gasteiger partial charge in [0.05, 0.1) is 12.3 Å². The van der Waals surface area contributed by atoms with Crippen LogP contribution < -0.4 is 16.0 Å². The molecule has 3 aromatic rings. The number of aliphatic hydroxyl groups is 1. The third kappa shape index (κ3) is 4.51. The molecule has 0 aliphatic rings. The Labute approximate surface area is 168 Å². The number of benzene rings is 1. The highest BCUT2D eigenvalue weighted by Gasteiger charge is 2.21. The number of hydrogen-bond donors (Lipinski definition) is 3. The molecule has 29 heavy (non-hydrogen) atoms. The number of nitrogens with zero attached hydrogens (tertiary/aromatic N) is 3. The van der Waals surface area contributed by atoms with E-state index in [1.54, 1.807) is 6.07 Å². The van der Waals surface area contributed by atoms with Crippen molar-refractivity contribution < 1.29 is 19.7 Å². The quantitative estimate of drug-likeness (QED) is 0.444. The molecule has 0 spiro atoms. The zero-order valence-electron chi connectivity index (χ0n) is 15.8. The van der Waals surface area contributed by atoms with Gasteiger partial charge in [0.1, 0.15) is 18.5 Å². The van der Waals surface area contributed by atoms with E-state index in [0.717, 1.165) is 21.9 Å². The molecule has 1 aromatic carbocycles. The maximum atomic E-state index is 12.4. The zero-order valence-corrected chi connectivity index (χ0v) is 16.6. The summed E-state index contributed by atoms with van der Waals surface area (Å²) in [4.78, 5) is 41.6. The van der Waals surface area contributed by atoms with E-state index >= 15 is 0 Å². The van der Waals surface area contributed by atoms with Crippen LogP contribution in [0.15, 0.2) is 39.0 Å². The van der Waals surface area contributed by atoms with E-state index < -0.39 is 23.3 Å². The second-order valence-electron chi connectivity index (χ2n) is 6.41. The second-order valence-corrected chi connectivity index (χ2v) is 7.35. The molecule has 2 heterocycles. The highest BCUT2D eigenvalue weighted by molar-refractivity contribution is 7.99. The number of para-hydroxylation sites is 1. The van der Waals surface area contributed by atoms with Gasteiger partial charge in [0.15, 0.2) is 16.3 Å². The van der Waals surface area contributed by atoms with E-state index in [4.69, 9.17) is 9.84 Å². The number of aromatic nitrogens is 4. The Morgan fingerprint density at radius 2 is 2.07 bits per heavy atom. The first kappa shape index (κ1) is 20.7. The minimum Gasteiger partial charge on any atom is -0.491 e. The van der Waals surface area contributed by atoms with Gasteiger partial charge in [-0.3, -0.25) is 19.1 Å². The number of H-pyrrole nitrogens is 1. The first-order valence-corrected chi connectivity index (χ1v) is 9.67. The topological polar surface area (TPSA) is 139 Å². The van der Waals surface area contributed by atoms with Crippen molar-refractivity contribution in [2.75, 3.05) is 12.4 Å². The van der Waals surface area contributed by atoms with Crippen LogP contribution in [0.2, 0.25) is 0 Å². The normalized spacial score (nSPS) is 12.2. The maximum absolute atomic E-state index is 12.4. The fourth-order valence-corrected chi connectivity index (χ4v) is 3.51. The Morgan fingerprint density at radius 3 is 2.76 bits per heavy atom. The average molecular weight is 420 g/mol. The summed E-state index contributed by atoms with van der Waals surface area (Å²) in [5, 5.41) is 19.6. The largest absolute Gasteiger partial charge is 0.491 e. The van der Waals surface area contributed by atoms with E-state index in [9.17, 15) is 19.5 Å². The molecular formula is C18H20N4O6S.